The molecule has 0 aromatic heterocycles. The van der Waals surface area contributed by atoms with E-state index < -0.39 is 11.7 Å². The highest BCUT2D eigenvalue weighted by Crippen LogP contribution is 2.17. The standard InChI is InChI=1S/C18H18ClFN2O3/c1-25-11-12-3-2-4-14(9-12)22-17(23)7-8-21-18(24)15-6-5-13(20)10-16(15)19/h2-6,9-10H,7-8,11H2,1H3,(H,21,24)(H,22,23). The zero-order valence-corrected chi connectivity index (χ0v) is 14.4. The third-order valence-electron chi connectivity index (χ3n) is 3.34. The second kappa shape index (κ2) is 9.15. The number of benzene rings is 2. The Balaban J connectivity index is 1.82. The van der Waals surface area contributed by atoms with E-state index >= 15 is 0 Å². The van der Waals surface area contributed by atoms with Crippen LogP contribution in [0.4, 0.5) is 10.1 Å². The summed E-state index contributed by atoms with van der Waals surface area (Å²) in [6.07, 6.45) is 0.0963. The third-order valence-corrected chi connectivity index (χ3v) is 3.65. The summed E-state index contributed by atoms with van der Waals surface area (Å²) in [5.41, 5.74) is 1.77. The van der Waals surface area contributed by atoms with Gasteiger partial charge >= 0.3 is 0 Å². The molecule has 0 fully saturated rings. The fraction of sp³-hybridized carbons (Fsp3) is 0.222. The normalized spacial score (nSPS) is 10.4. The highest BCUT2D eigenvalue weighted by molar-refractivity contribution is 6.33. The molecule has 0 heterocycles. The zero-order chi connectivity index (χ0) is 18.2. The van der Waals surface area contributed by atoms with Gasteiger partial charge in [0.15, 0.2) is 0 Å². The van der Waals surface area contributed by atoms with E-state index in [1.807, 2.05) is 18.2 Å². The summed E-state index contributed by atoms with van der Waals surface area (Å²) in [6.45, 7) is 0.592. The van der Waals surface area contributed by atoms with Gasteiger partial charge in [-0.05, 0) is 35.9 Å². The molecular weight excluding hydrogens is 347 g/mol. The number of hydrogen-bond acceptors (Lipinski definition) is 3. The van der Waals surface area contributed by atoms with Crippen molar-refractivity contribution in [3.63, 3.8) is 0 Å². The second-order valence-corrected chi connectivity index (χ2v) is 5.72. The maximum absolute atomic E-state index is 13.0. The second-order valence-electron chi connectivity index (χ2n) is 5.31. The number of ether oxygens (including phenoxy) is 1. The average Bonchev–Trinajstić information content (AvgIpc) is 2.55. The molecule has 132 valence electrons. The lowest BCUT2D eigenvalue weighted by molar-refractivity contribution is -0.116. The molecule has 0 radical (unpaired) electrons. The van der Waals surface area contributed by atoms with Crippen molar-refractivity contribution < 1.29 is 18.7 Å². The molecule has 0 aliphatic carbocycles. The van der Waals surface area contributed by atoms with Crippen molar-refractivity contribution in [1.29, 1.82) is 0 Å². The topological polar surface area (TPSA) is 67.4 Å². The van der Waals surface area contributed by atoms with E-state index in [-0.39, 0.29) is 29.5 Å². The number of hydrogen-bond donors (Lipinski definition) is 2. The van der Waals surface area contributed by atoms with Gasteiger partial charge in [-0.1, -0.05) is 23.7 Å². The quantitative estimate of drug-likeness (QED) is 0.791. The summed E-state index contributed by atoms with van der Waals surface area (Å²) >= 11 is 5.82. The molecule has 0 aliphatic heterocycles. The molecule has 0 aliphatic rings. The minimum atomic E-state index is -0.517. The summed E-state index contributed by atoms with van der Waals surface area (Å²) < 4.78 is 18.0. The van der Waals surface area contributed by atoms with Crippen molar-refractivity contribution >= 4 is 29.1 Å². The number of carbonyl (C=O) groups excluding carboxylic acids is 2. The van der Waals surface area contributed by atoms with Crippen LogP contribution >= 0.6 is 11.6 Å². The number of anilines is 1. The summed E-state index contributed by atoms with van der Waals surface area (Å²) in [4.78, 5) is 23.9. The number of rotatable bonds is 7. The van der Waals surface area contributed by atoms with Crippen LogP contribution in [0.1, 0.15) is 22.3 Å². The predicted molar refractivity (Wildman–Crippen MR) is 94.1 cm³/mol. The van der Waals surface area contributed by atoms with Gasteiger partial charge in [-0.3, -0.25) is 9.59 Å². The molecule has 0 atom stereocenters. The van der Waals surface area contributed by atoms with Crippen LogP contribution in [0.25, 0.3) is 0 Å². The van der Waals surface area contributed by atoms with Gasteiger partial charge in [-0.15, -0.1) is 0 Å². The van der Waals surface area contributed by atoms with Crippen LogP contribution in [-0.4, -0.2) is 25.5 Å². The molecule has 0 saturated heterocycles. The lowest BCUT2D eigenvalue weighted by atomic mass is 10.2. The first-order chi connectivity index (χ1) is 12.0. The number of amides is 2. The van der Waals surface area contributed by atoms with E-state index in [9.17, 15) is 14.0 Å². The smallest absolute Gasteiger partial charge is 0.252 e. The Morgan fingerprint density at radius 3 is 2.72 bits per heavy atom. The Bertz CT molecular complexity index is 768. The monoisotopic (exact) mass is 364 g/mol. The minimum Gasteiger partial charge on any atom is -0.380 e. The Kier molecular flexibility index (Phi) is 6.91. The van der Waals surface area contributed by atoms with Crippen molar-refractivity contribution in [1.82, 2.24) is 5.32 Å². The molecule has 2 aromatic carbocycles. The van der Waals surface area contributed by atoms with Gasteiger partial charge in [0.05, 0.1) is 17.2 Å². The first-order valence-electron chi connectivity index (χ1n) is 7.60. The zero-order valence-electron chi connectivity index (χ0n) is 13.6. The molecule has 2 aromatic rings. The number of nitrogens with one attached hydrogen (secondary N) is 2. The van der Waals surface area contributed by atoms with E-state index in [0.29, 0.717) is 12.3 Å². The van der Waals surface area contributed by atoms with Crippen molar-refractivity contribution in [3.8, 4) is 0 Å². The molecule has 0 unspecified atom stereocenters. The predicted octanol–water partition coefficient (Wildman–Crippen LogP) is 3.38. The fourth-order valence-corrected chi connectivity index (χ4v) is 2.44. The van der Waals surface area contributed by atoms with Crippen LogP contribution in [0.5, 0.6) is 0 Å². The van der Waals surface area contributed by atoms with Gasteiger partial charge < -0.3 is 15.4 Å². The van der Waals surface area contributed by atoms with Gasteiger partial charge in [-0.2, -0.15) is 0 Å². The Labute approximate surface area is 150 Å². The molecule has 0 saturated carbocycles. The molecule has 2 rings (SSSR count). The van der Waals surface area contributed by atoms with Crippen LogP contribution in [0.3, 0.4) is 0 Å². The Morgan fingerprint density at radius 1 is 1.20 bits per heavy atom. The molecule has 0 spiro atoms. The number of methoxy groups -OCH3 is 1. The molecule has 0 bridgehead atoms. The first kappa shape index (κ1) is 18.9. The molecule has 5 nitrogen and oxygen atoms in total. The van der Waals surface area contributed by atoms with Gasteiger partial charge in [0.25, 0.3) is 5.91 Å². The molecule has 7 heteroatoms. The maximum atomic E-state index is 13.0. The SMILES string of the molecule is COCc1cccc(NC(=O)CCNC(=O)c2ccc(F)cc2Cl)c1. The number of halogens is 2. The molecule has 2 amide bonds. The van der Waals surface area contributed by atoms with Crippen LogP contribution in [-0.2, 0) is 16.1 Å². The summed E-state index contributed by atoms with van der Waals surface area (Å²) in [5, 5.41) is 5.36. The van der Waals surface area contributed by atoms with Crippen molar-refractivity contribution in [2.75, 3.05) is 19.0 Å². The molecular formula is C18H18ClFN2O3. The van der Waals surface area contributed by atoms with E-state index in [1.54, 1.807) is 13.2 Å². The third kappa shape index (κ3) is 5.85. The maximum Gasteiger partial charge on any atom is 0.252 e. The van der Waals surface area contributed by atoms with Gasteiger partial charge in [0.2, 0.25) is 5.91 Å². The summed E-state index contributed by atoms with van der Waals surface area (Å²) in [5.74, 6) is -1.21. The Hall–Kier alpha value is -2.44. The fourth-order valence-electron chi connectivity index (χ4n) is 2.19. The highest BCUT2D eigenvalue weighted by atomic mass is 35.5. The van der Waals surface area contributed by atoms with Crippen LogP contribution in [0.2, 0.25) is 5.02 Å². The highest BCUT2D eigenvalue weighted by Gasteiger charge is 2.11. The van der Waals surface area contributed by atoms with E-state index in [2.05, 4.69) is 10.6 Å². The lowest BCUT2D eigenvalue weighted by Crippen LogP contribution is -2.27. The van der Waals surface area contributed by atoms with Gasteiger partial charge in [-0.25, -0.2) is 4.39 Å². The lowest BCUT2D eigenvalue weighted by Gasteiger charge is -2.09. The Morgan fingerprint density at radius 2 is 2.00 bits per heavy atom. The average molecular weight is 365 g/mol. The largest absolute Gasteiger partial charge is 0.380 e. The van der Waals surface area contributed by atoms with Crippen LogP contribution < -0.4 is 10.6 Å². The van der Waals surface area contributed by atoms with Crippen LogP contribution in [0, 0.1) is 5.82 Å². The van der Waals surface area contributed by atoms with Gasteiger partial charge in [0, 0.05) is 25.8 Å². The van der Waals surface area contributed by atoms with Crippen molar-refractivity contribution in [2.45, 2.75) is 13.0 Å². The van der Waals surface area contributed by atoms with E-state index in [4.69, 9.17) is 16.3 Å². The molecule has 2 N–H and O–H groups in total. The van der Waals surface area contributed by atoms with Crippen molar-refractivity contribution in [3.05, 3.63) is 64.4 Å². The van der Waals surface area contributed by atoms with E-state index in [1.165, 1.54) is 6.07 Å². The summed E-state index contributed by atoms with van der Waals surface area (Å²) in [6, 6.07) is 10.8. The molecule has 25 heavy (non-hydrogen) atoms. The van der Waals surface area contributed by atoms with Crippen molar-refractivity contribution in [2.24, 2.45) is 0 Å². The van der Waals surface area contributed by atoms with Gasteiger partial charge in [0.1, 0.15) is 5.82 Å². The van der Waals surface area contributed by atoms with Crippen LogP contribution in [0.15, 0.2) is 42.5 Å². The summed E-state index contributed by atoms with van der Waals surface area (Å²) in [7, 11) is 1.60. The minimum absolute atomic E-state index is 0.0249. The first-order valence-corrected chi connectivity index (χ1v) is 7.98. The van der Waals surface area contributed by atoms with E-state index in [0.717, 1.165) is 17.7 Å². The number of carbonyl (C=O) groups is 2.